The van der Waals surface area contributed by atoms with Crippen LogP contribution in [0, 0.1) is 0 Å². The van der Waals surface area contributed by atoms with Crippen LogP contribution in [0.4, 0.5) is 0 Å². The third-order valence-corrected chi connectivity index (χ3v) is 11.2. The number of hydrogen-bond donors (Lipinski definition) is 0. The van der Waals surface area contributed by atoms with Gasteiger partial charge >= 0.3 is 0 Å². The van der Waals surface area contributed by atoms with Gasteiger partial charge in [0.2, 0.25) is 0 Å². The Hall–Kier alpha value is -6.58. The molecule has 10 aromatic rings. The van der Waals surface area contributed by atoms with E-state index in [0.29, 0.717) is 0 Å². The summed E-state index contributed by atoms with van der Waals surface area (Å²) < 4.78 is 6.76. The SMILES string of the molecule is CC1(C)c2ccccc2-c2cc(-c3nc4ccccc4nc3-c3cc4c(oc5cccc(-c6ccc7ccccc7c6)c54)c4ccccc34)ccc21. The van der Waals surface area contributed by atoms with E-state index in [9.17, 15) is 0 Å². The monoisotopic (exact) mass is 664 g/mol. The van der Waals surface area contributed by atoms with Gasteiger partial charge < -0.3 is 4.42 Å². The highest BCUT2D eigenvalue weighted by atomic mass is 16.3. The molecule has 3 heteroatoms. The molecule has 0 radical (unpaired) electrons. The van der Waals surface area contributed by atoms with E-state index in [-0.39, 0.29) is 5.41 Å². The predicted octanol–water partition coefficient (Wildman–Crippen LogP) is 13.1. The largest absolute Gasteiger partial charge is 0.455 e. The van der Waals surface area contributed by atoms with Crippen LogP contribution in [0.2, 0.25) is 0 Å². The fourth-order valence-corrected chi connectivity index (χ4v) is 8.70. The number of para-hydroxylation sites is 2. The Bertz CT molecular complexity index is 3110. The first-order valence-electron chi connectivity index (χ1n) is 17.9. The maximum absolute atomic E-state index is 6.76. The van der Waals surface area contributed by atoms with Crippen molar-refractivity contribution in [1.82, 2.24) is 9.97 Å². The summed E-state index contributed by atoms with van der Waals surface area (Å²) in [5.41, 5.74) is 14.8. The van der Waals surface area contributed by atoms with Gasteiger partial charge in [0.1, 0.15) is 11.2 Å². The Balaban J connectivity index is 1.21. The lowest BCUT2D eigenvalue weighted by atomic mass is 9.82. The minimum Gasteiger partial charge on any atom is -0.455 e. The summed E-state index contributed by atoms with van der Waals surface area (Å²) in [6.45, 7) is 4.64. The van der Waals surface area contributed by atoms with E-state index < -0.39 is 0 Å². The van der Waals surface area contributed by atoms with Crippen LogP contribution >= 0.6 is 0 Å². The van der Waals surface area contributed by atoms with Gasteiger partial charge in [-0.1, -0.05) is 135 Å². The van der Waals surface area contributed by atoms with E-state index in [2.05, 4.69) is 159 Å². The summed E-state index contributed by atoms with van der Waals surface area (Å²) in [5, 5.41) is 6.75. The highest BCUT2D eigenvalue weighted by Gasteiger charge is 2.35. The molecule has 0 N–H and O–H groups in total. The summed E-state index contributed by atoms with van der Waals surface area (Å²) in [6, 6.07) is 56.3. The molecule has 0 unspecified atom stereocenters. The molecular weight excluding hydrogens is 633 g/mol. The third-order valence-electron chi connectivity index (χ3n) is 11.2. The molecule has 0 spiro atoms. The van der Waals surface area contributed by atoms with Crippen LogP contribution in [-0.2, 0) is 5.41 Å². The summed E-state index contributed by atoms with van der Waals surface area (Å²) in [5.74, 6) is 0. The van der Waals surface area contributed by atoms with Crippen LogP contribution < -0.4 is 0 Å². The summed E-state index contributed by atoms with van der Waals surface area (Å²) >= 11 is 0. The van der Waals surface area contributed by atoms with Gasteiger partial charge in [-0.25, -0.2) is 9.97 Å². The van der Waals surface area contributed by atoms with Gasteiger partial charge in [-0.3, -0.25) is 0 Å². The normalized spacial score (nSPS) is 13.3. The molecule has 11 rings (SSSR count). The molecule has 2 heterocycles. The zero-order valence-corrected chi connectivity index (χ0v) is 28.8. The smallest absolute Gasteiger partial charge is 0.143 e. The molecule has 0 atom stereocenters. The average Bonchev–Trinajstić information content (AvgIpc) is 3.69. The molecule has 2 aromatic heterocycles. The van der Waals surface area contributed by atoms with E-state index in [0.717, 1.165) is 77.4 Å². The van der Waals surface area contributed by atoms with Crippen molar-refractivity contribution in [2.45, 2.75) is 19.3 Å². The average molecular weight is 665 g/mol. The number of fused-ring (bicyclic) bond motifs is 10. The van der Waals surface area contributed by atoms with Gasteiger partial charge in [0, 0.05) is 32.7 Å². The van der Waals surface area contributed by atoms with Gasteiger partial charge in [0.05, 0.1) is 22.4 Å². The summed E-state index contributed by atoms with van der Waals surface area (Å²) in [4.78, 5) is 10.8. The lowest BCUT2D eigenvalue weighted by Crippen LogP contribution is -2.14. The van der Waals surface area contributed by atoms with Crippen LogP contribution in [0.25, 0.3) is 99.3 Å². The molecule has 8 aromatic carbocycles. The van der Waals surface area contributed by atoms with Crippen molar-refractivity contribution in [3.63, 3.8) is 0 Å². The number of benzene rings is 8. The van der Waals surface area contributed by atoms with Gasteiger partial charge in [-0.05, 0) is 85.9 Å². The first kappa shape index (κ1) is 29.2. The van der Waals surface area contributed by atoms with Crippen molar-refractivity contribution in [2.75, 3.05) is 0 Å². The lowest BCUT2D eigenvalue weighted by molar-refractivity contribution is 0.660. The predicted molar refractivity (Wildman–Crippen MR) is 216 cm³/mol. The zero-order valence-electron chi connectivity index (χ0n) is 28.8. The molecule has 52 heavy (non-hydrogen) atoms. The van der Waals surface area contributed by atoms with Crippen molar-refractivity contribution in [1.29, 1.82) is 0 Å². The fourth-order valence-electron chi connectivity index (χ4n) is 8.70. The first-order valence-corrected chi connectivity index (χ1v) is 17.9. The Morgan fingerprint density at radius 3 is 1.98 bits per heavy atom. The Labute approximate surface area is 300 Å². The maximum Gasteiger partial charge on any atom is 0.143 e. The highest BCUT2D eigenvalue weighted by Crippen LogP contribution is 2.50. The number of furan rings is 1. The van der Waals surface area contributed by atoms with Crippen LogP contribution in [0.5, 0.6) is 0 Å². The standard InChI is InChI=1S/C49H32N2O/c1-49(2)40-18-8-7-15-35(40)37-27-32(24-25-41(37)49)46-47(51-43-20-10-9-19-42(43)50-46)38-28-39-45-33(31-23-22-29-12-3-4-13-30(29)26-31)17-11-21-44(45)52-48(39)36-16-6-5-14-34(36)38/h3-28H,1-2H3. The molecule has 1 aliphatic rings. The van der Waals surface area contributed by atoms with E-state index in [1.165, 1.54) is 33.0 Å². The molecule has 0 bridgehead atoms. The van der Waals surface area contributed by atoms with Crippen molar-refractivity contribution >= 4 is 54.5 Å². The number of nitrogens with zero attached hydrogens (tertiary/aromatic N) is 2. The van der Waals surface area contributed by atoms with Crippen molar-refractivity contribution in [2.24, 2.45) is 0 Å². The van der Waals surface area contributed by atoms with Crippen LogP contribution in [0.15, 0.2) is 162 Å². The zero-order chi connectivity index (χ0) is 34.6. The maximum atomic E-state index is 6.76. The number of aromatic nitrogens is 2. The quantitative estimate of drug-likeness (QED) is 0.189. The van der Waals surface area contributed by atoms with Crippen LogP contribution in [0.3, 0.4) is 0 Å². The molecule has 1 aliphatic carbocycles. The lowest BCUT2D eigenvalue weighted by Gasteiger charge is -2.21. The van der Waals surface area contributed by atoms with Crippen LogP contribution in [0.1, 0.15) is 25.0 Å². The van der Waals surface area contributed by atoms with Gasteiger partial charge in [0.15, 0.2) is 0 Å². The van der Waals surface area contributed by atoms with E-state index in [1.807, 2.05) is 12.1 Å². The number of rotatable bonds is 3. The topological polar surface area (TPSA) is 38.9 Å². The second-order valence-electron chi connectivity index (χ2n) is 14.5. The minimum absolute atomic E-state index is 0.0747. The Morgan fingerprint density at radius 1 is 0.442 bits per heavy atom. The summed E-state index contributed by atoms with van der Waals surface area (Å²) in [7, 11) is 0. The second-order valence-corrected chi connectivity index (χ2v) is 14.5. The van der Waals surface area contributed by atoms with E-state index >= 15 is 0 Å². The van der Waals surface area contributed by atoms with Gasteiger partial charge in [0.25, 0.3) is 0 Å². The van der Waals surface area contributed by atoms with Crippen molar-refractivity contribution in [3.8, 4) is 44.8 Å². The molecule has 3 nitrogen and oxygen atoms in total. The molecule has 0 saturated heterocycles. The second kappa shape index (κ2) is 10.7. The molecule has 0 aliphatic heterocycles. The minimum atomic E-state index is -0.0747. The van der Waals surface area contributed by atoms with E-state index in [4.69, 9.17) is 14.4 Å². The van der Waals surface area contributed by atoms with Gasteiger partial charge in [-0.2, -0.15) is 0 Å². The highest BCUT2D eigenvalue weighted by molar-refractivity contribution is 6.22. The Morgan fingerprint density at radius 2 is 1.12 bits per heavy atom. The van der Waals surface area contributed by atoms with E-state index in [1.54, 1.807) is 0 Å². The molecular formula is C49H32N2O. The molecule has 0 fully saturated rings. The third kappa shape index (κ3) is 4.14. The Kier molecular flexibility index (Phi) is 6.01. The number of hydrogen-bond acceptors (Lipinski definition) is 3. The molecule has 0 amide bonds. The first-order chi connectivity index (χ1) is 25.5. The van der Waals surface area contributed by atoms with Crippen molar-refractivity contribution < 1.29 is 4.42 Å². The van der Waals surface area contributed by atoms with Crippen LogP contribution in [-0.4, -0.2) is 9.97 Å². The molecule has 244 valence electrons. The molecule has 0 saturated carbocycles. The summed E-state index contributed by atoms with van der Waals surface area (Å²) in [6.07, 6.45) is 0. The van der Waals surface area contributed by atoms with Gasteiger partial charge in [-0.15, -0.1) is 0 Å². The fraction of sp³-hybridized carbons (Fsp3) is 0.0612. The van der Waals surface area contributed by atoms with Crippen molar-refractivity contribution in [3.05, 3.63) is 169 Å².